The first kappa shape index (κ1) is 17.0. The topological polar surface area (TPSA) is 28.2 Å². The fraction of sp³-hybridized carbons (Fsp3) is 0.500. The molecule has 0 aliphatic carbocycles. The van der Waals surface area contributed by atoms with Gasteiger partial charge in [0.1, 0.15) is 5.82 Å². The number of nitrogens with zero attached hydrogens (tertiary/aromatic N) is 2. The number of hydrogen-bond acceptors (Lipinski definition) is 3. The highest BCUT2D eigenvalue weighted by Crippen LogP contribution is 2.20. The Bertz CT molecular complexity index is 596. The summed E-state index contributed by atoms with van der Waals surface area (Å²) in [6, 6.07) is 10.4. The summed E-state index contributed by atoms with van der Waals surface area (Å²) in [7, 11) is 0. The summed E-state index contributed by atoms with van der Waals surface area (Å²) >= 11 is 6.04. The molecule has 0 fully saturated rings. The lowest BCUT2D eigenvalue weighted by Gasteiger charge is -2.20. The van der Waals surface area contributed by atoms with Crippen LogP contribution >= 0.6 is 11.6 Å². The van der Waals surface area contributed by atoms with Crippen LogP contribution in [-0.4, -0.2) is 35.6 Å². The molecule has 120 valence electrons. The first-order valence-corrected chi connectivity index (χ1v) is 8.55. The summed E-state index contributed by atoms with van der Waals surface area (Å²) in [5.74, 6) is 0.921. The Morgan fingerprint density at radius 1 is 1.18 bits per heavy atom. The molecule has 0 spiro atoms. The number of anilines is 1. The van der Waals surface area contributed by atoms with Crippen molar-refractivity contribution in [3.8, 4) is 0 Å². The van der Waals surface area contributed by atoms with Gasteiger partial charge in [0, 0.05) is 16.5 Å². The number of aromatic nitrogens is 1. The van der Waals surface area contributed by atoms with Crippen molar-refractivity contribution in [3.63, 3.8) is 0 Å². The highest BCUT2D eigenvalue weighted by atomic mass is 35.5. The van der Waals surface area contributed by atoms with E-state index in [9.17, 15) is 0 Å². The fourth-order valence-corrected chi connectivity index (χ4v) is 2.82. The third-order valence-corrected chi connectivity index (χ3v) is 4.29. The van der Waals surface area contributed by atoms with Gasteiger partial charge in [0.15, 0.2) is 0 Å². The van der Waals surface area contributed by atoms with Crippen LogP contribution in [0.25, 0.3) is 10.9 Å². The molecule has 0 saturated carbocycles. The van der Waals surface area contributed by atoms with Crippen LogP contribution in [0.1, 0.15) is 33.6 Å². The van der Waals surface area contributed by atoms with E-state index in [2.05, 4.69) is 42.0 Å². The lowest BCUT2D eigenvalue weighted by Crippen LogP contribution is -2.25. The average molecular weight is 320 g/mol. The first-order chi connectivity index (χ1) is 10.6. The summed E-state index contributed by atoms with van der Waals surface area (Å²) in [6.07, 6.45) is 2.35. The van der Waals surface area contributed by atoms with Gasteiger partial charge in [-0.05, 0) is 63.7 Å². The highest BCUT2D eigenvalue weighted by molar-refractivity contribution is 6.31. The van der Waals surface area contributed by atoms with Crippen LogP contribution in [0.15, 0.2) is 30.3 Å². The molecule has 0 aliphatic rings. The van der Waals surface area contributed by atoms with Crippen LogP contribution in [0.3, 0.4) is 0 Å². The van der Waals surface area contributed by atoms with E-state index in [0.717, 1.165) is 41.3 Å². The molecule has 1 aromatic heterocycles. The van der Waals surface area contributed by atoms with E-state index in [4.69, 9.17) is 11.6 Å². The van der Waals surface area contributed by atoms with E-state index >= 15 is 0 Å². The van der Waals surface area contributed by atoms with Gasteiger partial charge < -0.3 is 10.2 Å². The van der Waals surface area contributed by atoms with Gasteiger partial charge in [-0.15, -0.1) is 0 Å². The van der Waals surface area contributed by atoms with Gasteiger partial charge in [-0.25, -0.2) is 4.98 Å². The Morgan fingerprint density at radius 3 is 2.64 bits per heavy atom. The SMILES string of the molecule is CCN(CC)CCCC(C)Nc1ccc2ccc(Cl)cc2n1. The van der Waals surface area contributed by atoms with Crippen LogP contribution in [-0.2, 0) is 0 Å². The molecule has 4 heteroatoms. The first-order valence-electron chi connectivity index (χ1n) is 8.17. The average Bonchev–Trinajstić information content (AvgIpc) is 2.51. The lowest BCUT2D eigenvalue weighted by molar-refractivity contribution is 0.295. The minimum atomic E-state index is 0.416. The zero-order valence-corrected chi connectivity index (χ0v) is 14.5. The Hall–Kier alpha value is -1.32. The predicted octanol–water partition coefficient (Wildman–Crippen LogP) is 4.81. The third kappa shape index (κ3) is 4.85. The van der Waals surface area contributed by atoms with Crippen LogP contribution in [0.5, 0.6) is 0 Å². The van der Waals surface area contributed by atoms with Crippen LogP contribution < -0.4 is 5.32 Å². The monoisotopic (exact) mass is 319 g/mol. The third-order valence-electron chi connectivity index (χ3n) is 4.05. The fourth-order valence-electron chi connectivity index (χ4n) is 2.66. The minimum absolute atomic E-state index is 0.416. The molecule has 0 saturated heterocycles. The molecule has 1 unspecified atom stereocenters. The van der Waals surface area contributed by atoms with E-state index in [1.54, 1.807) is 0 Å². The van der Waals surface area contributed by atoms with Gasteiger partial charge in [0.25, 0.3) is 0 Å². The van der Waals surface area contributed by atoms with Gasteiger partial charge in [-0.3, -0.25) is 0 Å². The zero-order valence-electron chi connectivity index (χ0n) is 13.8. The summed E-state index contributed by atoms with van der Waals surface area (Å²) in [5.41, 5.74) is 0.938. The normalized spacial score (nSPS) is 12.8. The molecule has 2 aromatic rings. The minimum Gasteiger partial charge on any atom is -0.368 e. The molecule has 0 radical (unpaired) electrons. The molecule has 1 heterocycles. The van der Waals surface area contributed by atoms with Crippen LogP contribution in [0, 0.1) is 0 Å². The standard InChI is InChI=1S/C18H26ClN3/c1-4-22(5-2)12-6-7-14(3)20-18-11-9-15-8-10-16(19)13-17(15)21-18/h8-11,13-14H,4-7,12H2,1-3H3,(H,20,21). The largest absolute Gasteiger partial charge is 0.368 e. The van der Waals surface area contributed by atoms with Gasteiger partial charge in [0.05, 0.1) is 5.52 Å². The van der Waals surface area contributed by atoms with Crippen molar-refractivity contribution < 1.29 is 0 Å². The van der Waals surface area contributed by atoms with Gasteiger partial charge in [-0.1, -0.05) is 31.5 Å². The van der Waals surface area contributed by atoms with Crippen molar-refractivity contribution >= 4 is 28.3 Å². The van der Waals surface area contributed by atoms with E-state index < -0.39 is 0 Å². The van der Waals surface area contributed by atoms with Crippen molar-refractivity contribution in [1.29, 1.82) is 0 Å². The maximum atomic E-state index is 6.04. The van der Waals surface area contributed by atoms with E-state index in [-0.39, 0.29) is 0 Å². The Morgan fingerprint density at radius 2 is 1.91 bits per heavy atom. The van der Waals surface area contributed by atoms with Gasteiger partial charge in [-0.2, -0.15) is 0 Å². The maximum Gasteiger partial charge on any atom is 0.126 e. The number of halogens is 1. The second kappa shape index (κ2) is 8.35. The van der Waals surface area contributed by atoms with Gasteiger partial charge >= 0.3 is 0 Å². The van der Waals surface area contributed by atoms with Crippen LogP contribution in [0.4, 0.5) is 5.82 Å². The Labute approximate surface area is 138 Å². The number of hydrogen-bond donors (Lipinski definition) is 1. The molecule has 3 nitrogen and oxygen atoms in total. The number of pyridine rings is 1. The number of benzene rings is 1. The zero-order chi connectivity index (χ0) is 15.9. The molecule has 1 aromatic carbocycles. The summed E-state index contributed by atoms with van der Waals surface area (Å²) in [5, 5.41) is 5.33. The Kier molecular flexibility index (Phi) is 6.47. The molecule has 2 rings (SSSR count). The Balaban J connectivity index is 1.89. The number of fused-ring (bicyclic) bond motifs is 1. The van der Waals surface area contributed by atoms with Crippen LogP contribution in [0.2, 0.25) is 5.02 Å². The number of rotatable bonds is 8. The van der Waals surface area contributed by atoms with Crippen molar-refractivity contribution in [2.75, 3.05) is 25.0 Å². The van der Waals surface area contributed by atoms with Crippen molar-refractivity contribution in [2.24, 2.45) is 0 Å². The molecule has 22 heavy (non-hydrogen) atoms. The second-order valence-corrected chi connectivity index (χ2v) is 6.18. The predicted molar refractivity (Wildman–Crippen MR) is 96.9 cm³/mol. The quantitative estimate of drug-likeness (QED) is 0.756. The van der Waals surface area contributed by atoms with E-state index in [0.29, 0.717) is 6.04 Å². The summed E-state index contributed by atoms with van der Waals surface area (Å²) < 4.78 is 0. The molecule has 0 amide bonds. The van der Waals surface area contributed by atoms with E-state index in [1.165, 1.54) is 13.0 Å². The molecular formula is C18H26ClN3. The van der Waals surface area contributed by atoms with Gasteiger partial charge in [0.2, 0.25) is 0 Å². The summed E-state index contributed by atoms with van der Waals surface area (Å²) in [6.45, 7) is 10.1. The van der Waals surface area contributed by atoms with Crippen molar-refractivity contribution in [2.45, 2.75) is 39.7 Å². The molecule has 0 aliphatic heterocycles. The van der Waals surface area contributed by atoms with Crippen molar-refractivity contribution in [1.82, 2.24) is 9.88 Å². The second-order valence-electron chi connectivity index (χ2n) is 5.75. The highest BCUT2D eigenvalue weighted by Gasteiger charge is 2.06. The molecule has 1 N–H and O–H groups in total. The summed E-state index contributed by atoms with van der Waals surface area (Å²) in [4.78, 5) is 7.11. The lowest BCUT2D eigenvalue weighted by atomic mass is 10.1. The van der Waals surface area contributed by atoms with E-state index in [1.807, 2.05) is 24.3 Å². The smallest absolute Gasteiger partial charge is 0.126 e. The van der Waals surface area contributed by atoms with Crippen molar-refractivity contribution in [3.05, 3.63) is 35.4 Å². The maximum absolute atomic E-state index is 6.04. The number of nitrogens with one attached hydrogen (secondary N) is 1. The molecular weight excluding hydrogens is 294 g/mol. The molecule has 1 atom stereocenters. The molecule has 0 bridgehead atoms.